The van der Waals surface area contributed by atoms with E-state index in [1.54, 1.807) is 24.4 Å². The van der Waals surface area contributed by atoms with Gasteiger partial charge in [0.1, 0.15) is 5.15 Å². The van der Waals surface area contributed by atoms with Crippen LogP contribution in [-0.2, 0) is 23.0 Å². The van der Waals surface area contributed by atoms with Crippen LogP contribution in [0.1, 0.15) is 23.6 Å². The fourth-order valence-corrected chi connectivity index (χ4v) is 3.32. The molecule has 0 bridgehead atoms. The van der Waals surface area contributed by atoms with Crippen LogP contribution in [0.2, 0.25) is 5.15 Å². The van der Waals surface area contributed by atoms with Gasteiger partial charge in [-0.05, 0) is 48.9 Å². The highest BCUT2D eigenvalue weighted by Crippen LogP contribution is 2.22. The largest absolute Gasteiger partial charge is 0.294 e. The monoisotopic (exact) mass is 339 g/mol. The summed E-state index contributed by atoms with van der Waals surface area (Å²) in [4.78, 5) is 4.03. The molecule has 6 heteroatoms. The number of benzene rings is 1. The van der Waals surface area contributed by atoms with Crippen molar-refractivity contribution in [1.82, 2.24) is 4.98 Å². The molecular weight excluding hydrogens is 322 g/mol. The molecule has 0 amide bonds. The molecule has 1 unspecified atom stereocenters. The van der Waals surface area contributed by atoms with Gasteiger partial charge in [0.25, 0.3) is 10.1 Å². The second-order valence-electron chi connectivity index (χ2n) is 5.59. The third kappa shape index (κ3) is 4.53. The molecule has 1 aromatic heterocycles. The van der Waals surface area contributed by atoms with E-state index in [9.17, 15) is 13.0 Å². The lowest BCUT2D eigenvalue weighted by Crippen LogP contribution is -2.09. The number of aromatic nitrogens is 1. The Hall–Kier alpha value is -1.43. The van der Waals surface area contributed by atoms with Crippen LogP contribution in [0.5, 0.6) is 0 Å². The zero-order valence-electron chi connectivity index (χ0n) is 12.5. The molecule has 4 nitrogen and oxygen atoms in total. The Kier molecular flexibility index (Phi) is 5.21. The Bertz CT molecular complexity index is 757. The molecule has 0 saturated carbocycles. The molecular formula is C16H18ClNO3S. The number of rotatable bonds is 5. The van der Waals surface area contributed by atoms with E-state index in [2.05, 4.69) is 4.98 Å². The summed E-state index contributed by atoms with van der Waals surface area (Å²) in [5, 5.41) is 0.448. The molecule has 0 saturated heterocycles. The SMILES string of the molecule is Cc1ccc(S(=O)(=O)O)c(CC(C)Cc2ccc(Cl)nc2)c1. The van der Waals surface area contributed by atoms with Gasteiger partial charge in [-0.15, -0.1) is 0 Å². The van der Waals surface area contributed by atoms with E-state index >= 15 is 0 Å². The van der Waals surface area contributed by atoms with Gasteiger partial charge >= 0.3 is 0 Å². The fourth-order valence-electron chi connectivity index (χ4n) is 2.50. The van der Waals surface area contributed by atoms with Crippen LogP contribution < -0.4 is 0 Å². The van der Waals surface area contributed by atoms with E-state index in [-0.39, 0.29) is 10.8 Å². The van der Waals surface area contributed by atoms with Crippen molar-refractivity contribution in [1.29, 1.82) is 0 Å². The maximum absolute atomic E-state index is 11.5. The van der Waals surface area contributed by atoms with Gasteiger partial charge in [0, 0.05) is 6.20 Å². The normalized spacial score (nSPS) is 13.1. The van der Waals surface area contributed by atoms with E-state index in [1.165, 1.54) is 6.07 Å². The Morgan fingerprint density at radius 3 is 2.55 bits per heavy atom. The van der Waals surface area contributed by atoms with Crippen LogP contribution in [0.4, 0.5) is 0 Å². The molecule has 2 rings (SSSR count). The van der Waals surface area contributed by atoms with Crippen molar-refractivity contribution < 1.29 is 13.0 Å². The molecule has 1 heterocycles. The minimum atomic E-state index is -4.20. The Balaban J connectivity index is 2.19. The molecule has 0 aliphatic carbocycles. The zero-order valence-corrected chi connectivity index (χ0v) is 14.0. The highest BCUT2D eigenvalue weighted by atomic mass is 35.5. The van der Waals surface area contributed by atoms with Gasteiger partial charge in [0.2, 0.25) is 0 Å². The summed E-state index contributed by atoms with van der Waals surface area (Å²) >= 11 is 5.76. The summed E-state index contributed by atoms with van der Waals surface area (Å²) in [5.74, 6) is 0.199. The third-order valence-electron chi connectivity index (χ3n) is 3.44. The number of halogens is 1. The average molecular weight is 340 g/mol. The summed E-state index contributed by atoms with van der Waals surface area (Å²) in [6.45, 7) is 3.93. The van der Waals surface area contributed by atoms with Crippen LogP contribution in [0.25, 0.3) is 0 Å². The number of aryl methyl sites for hydroxylation is 1. The Labute approximate surface area is 135 Å². The lowest BCUT2D eigenvalue weighted by Gasteiger charge is -2.14. The number of hydrogen-bond acceptors (Lipinski definition) is 3. The quantitative estimate of drug-likeness (QED) is 0.666. The predicted molar refractivity (Wildman–Crippen MR) is 86.8 cm³/mol. The van der Waals surface area contributed by atoms with E-state index in [1.807, 2.05) is 19.9 Å². The van der Waals surface area contributed by atoms with E-state index < -0.39 is 10.1 Å². The zero-order chi connectivity index (χ0) is 16.3. The van der Waals surface area contributed by atoms with Crippen LogP contribution in [0.15, 0.2) is 41.4 Å². The first-order valence-corrected chi connectivity index (χ1v) is 8.75. The number of pyridine rings is 1. The molecule has 22 heavy (non-hydrogen) atoms. The van der Waals surface area contributed by atoms with Gasteiger partial charge in [0.15, 0.2) is 0 Å². The molecule has 0 aliphatic heterocycles. The maximum Gasteiger partial charge on any atom is 0.294 e. The molecule has 0 aliphatic rings. The van der Waals surface area contributed by atoms with Crippen molar-refractivity contribution in [2.24, 2.45) is 5.92 Å². The van der Waals surface area contributed by atoms with Crippen molar-refractivity contribution in [3.8, 4) is 0 Å². The van der Waals surface area contributed by atoms with E-state index in [4.69, 9.17) is 11.6 Å². The van der Waals surface area contributed by atoms with E-state index in [0.717, 1.165) is 17.5 Å². The fraction of sp³-hybridized carbons (Fsp3) is 0.312. The van der Waals surface area contributed by atoms with Crippen LogP contribution in [-0.4, -0.2) is 18.0 Å². The number of nitrogens with zero attached hydrogens (tertiary/aromatic N) is 1. The van der Waals surface area contributed by atoms with Gasteiger partial charge in [0.05, 0.1) is 4.90 Å². The summed E-state index contributed by atoms with van der Waals surface area (Å²) in [6.07, 6.45) is 3.03. The topological polar surface area (TPSA) is 67.3 Å². The van der Waals surface area contributed by atoms with Crippen molar-refractivity contribution in [3.63, 3.8) is 0 Å². The first-order valence-electron chi connectivity index (χ1n) is 6.93. The Morgan fingerprint density at radius 2 is 1.95 bits per heavy atom. The van der Waals surface area contributed by atoms with Crippen molar-refractivity contribution >= 4 is 21.7 Å². The molecule has 1 N–H and O–H groups in total. The van der Waals surface area contributed by atoms with Gasteiger partial charge in [-0.2, -0.15) is 8.42 Å². The summed E-state index contributed by atoms with van der Waals surface area (Å²) in [6, 6.07) is 8.59. The highest BCUT2D eigenvalue weighted by molar-refractivity contribution is 7.85. The molecule has 118 valence electrons. The average Bonchev–Trinajstić information content (AvgIpc) is 2.40. The van der Waals surface area contributed by atoms with Gasteiger partial charge in [-0.3, -0.25) is 4.55 Å². The van der Waals surface area contributed by atoms with Crippen molar-refractivity contribution in [2.75, 3.05) is 0 Å². The van der Waals surface area contributed by atoms with Crippen LogP contribution in [0, 0.1) is 12.8 Å². The minimum Gasteiger partial charge on any atom is -0.282 e. The molecule has 0 fully saturated rings. The second-order valence-corrected chi connectivity index (χ2v) is 7.37. The Morgan fingerprint density at radius 1 is 1.23 bits per heavy atom. The third-order valence-corrected chi connectivity index (χ3v) is 4.61. The molecule has 0 spiro atoms. The standard InChI is InChI=1S/C16H18ClNO3S/c1-11-3-5-15(22(19,20)21)14(8-11)9-12(2)7-13-4-6-16(17)18-10-13/h3-6,8,10,12H,7,9H2,1-2H3,(H,19,20,21). The summed E-state index contributed by atoms with van der Waals surface area (Å²) in [5.41, 5.74) is 2.64. The lowest BCUT2D eigenvalue weighted by molar-refractivity contribution is 0.480. The smallest absolute Gasteiger partial charge is 0.282 e. The van der Waals surface area contributed by atoms with E-state index in [0.29, 0.717) is 17.1 Å². The predicted octanol–water partition coefficient (Wildman–Crippen LogP) is 3.71. The van der Waals surface area contributed by atoms with Gasteiger partial charge in [-0.1, -0.05) is 42.3 Å². The highest BCUT2D eigenvalue weighted by Gasteiger charge is 2.17. The van der Waals surface area contributed by atoms with Crippen molar-refractivity contribution in [2.45, 2.75) is 31.6 Å². The lowest BCUT2D eigenvalue weighted by atomic mass is 9.94. The molecule has 2 aromatic rings. The summed E-state index contributed by atoms with van der Waals surface area (Å²) in [7, 11) is -4.20. The van der Waals surface area contributed by atoms with Crippen LogP contribution in [0.3, 0.4) is 0 Å². The van der Waals surface area contributed by atoms with Crippen LogP contribution >= 0.6 is 11.6 Å². The van der Waals surface area contributed by atoms with Crippen molar-refractivity contribution in [3.05, 3.63) is 58.4 Å². The van der Waals surface area contributed by atoms with Gasteiger partial charge < -0.3 is 0 Å². The second kappa shape index (κ2) is 6.77. The minimum absolute atomic E-state index is 0.0146. The number of hydrogen-bond donors (Lipinski definition) is 1. The van der Waals surface area contributed by atoms with Gasteiger partial charge in [-0.25, -0.2) is 4.98 Å². The maximum atomic E-state index is 11.5. The first kappa shape index (κ1) is 16.9. The first-order chi connectivity index (χ1) is 10.3. The summed E-state index contributed by atoms with van der Waals surface area (Å²) < 4.78 is 32.3. The molecule has 1 atom stereocenters. The molecule has 0 radical (unpaired) electrons. The molecule has 1 aromatic carbocycles.